The van der Waals surface area contributed by atoms with Crippen LogP contribution in [0.2, 0.25) is 0 Å². The Morgan fingerprint density at radius 1 is 1.50 bits per heavy atom. The summed E-state index contributed by atoms with van der Waals surface area (Å²) in [6.45, 7) is 6.82. The molecular weight excluding hydrogens is 326 g/mol. The number of fused-ring (bicyclic) bond motifs is 1. The van der Waals surface area contributed by atoms with Crippen molar-refractivity contribution < 1.29 is 9.21 Å². The van der Waals surface area contributed by atoms with Gasteiger partial charge in [0.25, 0.3) is 5.56 Å². The van der Waals surface area contributed by atoms with Gasteiger partial charge in [0.2, 0.25) is 5.91 Å². The number of hydrogen-bond acceptors (Lipinski definition) is 5. The summed E-state index contributed by atoms with van der Waals surface area (Å²) in [4.78, 5) is 29.4. The zero-order valence-corrected chi connectivity index (χ0v) is 14.9. The summed E-state index contributed by atoms with van der Waals surface area (Å²) in [5, 5.41) is 3.56. The molecule has 0 saturated heterocycles. The predicted molar refractivity (Wildman–Crippen MR) is 92.0 cm³/mol. The fourth-order valence-electron chi connectivity index (χ4n) is 2.49. The Morgan fingerprint density at radius 3 is 2.96 bits per heavy atom. The molecule has 0 unspecified atom stereocenters. The fraction of sp³-hybridized carbons (Fsp3) is 0.471. The van der Waals surface area contributed by atoms with Crippen molar-refractivity contribution in [2.24, 2.45) is 5.92 Å². The third-order valence-corrected chi connectivity index (χ3v) is 5.08. The van der Waals surface area contributed by atoms with Crippen LogP contribution < -0.4 is 10.9 Å². The van der Waals surface area contributed by atoms with Crippen LogP contribution in [0.5, 0.6) is 0 Å². The number of rotatable bonds is 3. The molecule has 0 fully saturated rings. The zero-order chi connectivity index (χ0) is 17.3. The topological polar surface area (TPSA) is 77.1 Å². The lowest BCUT2D eigenvalue weighted by Crippen LogP contribution is -2.40. The Hall–Kier alpha value is -2.02. The molecule has 0 aliphatic carbocycles. The number of nitrogens with zero attached hydrogens (tertiary/aromatic N) is 2. The standard InChI is InChI=1S/C17H21N3O3S/c1-17(2,3)13-7-14(21)20-9-11(10-24-16(20)19-13)15(22)18-8-12-5-4-6-23-12/h4-7,11H,8-10H2,1-3H3,(H,18,22)/t11-/m1/s1. The molecule has 2 aromatic heterocycles. The van der Waals surface area contributed by atoms with E-state index in [-0.39, 0.29) is 22.8 Å². The minimum absolute atomic E-state index is 0.0728. The summed E-state index contributed by atoms with van der Waals surface area (Å²) in [6, 6.07) is 5.17. The van der Waals surface area contributed by atoms with Crippen LogP contribution in [0.1, 0.15) is 32.2 Å². The Kier molecular flexibility index (Phi) is 4.54. The molecule has 3 heterocycles. The number of nitrogens with one attached hydrogen (secondary N) is 1. The van der Waals surface area contributed by atoms with Gasteiger partial charge in [0.05, 0.1) is 24.4 Å². The number of furan rings is 1. The Morgan fingerprint density at radius 2 is 2.29 bits per heavy atom. The molecule has 0 saturated carbocycles. The molecule has 1 N–H and O–H groups in total. The van der Waals surface area contributed by atoms with Gasteiger partial charge in [-0.25, -0.2) is 4.98 Å². The Balaban J connectivity index is 1.72. The highest BCUT2D eigenvalue weighted by Gasteiger charge is 2.28. The molecule has 2 aromatic rings. The highest BCUT2D eigenvalue weighted by Crippen LogP contribution is 2.28. The molecular formula is C17H21N3O3S. The third kappa shape index (κ3) is 3.56. The van der Waals surface area contributed by atoms with Crippen molar-refractivity contribution in [3.63, 3.8) is 0 Å². The first-order valence-electron chi connectivity index (χ1n) is 7.90. The maximum atomic E-state index is 12.4. The van der Waals surface area contributed by atoms with E-state index in [1.807, 2.05) is 26.8 Å². The molecule has 1 aliphatic heterocycles. The minimum atomic E-state index is -0.252. The van der Waals surface area contributed by atoms with Crippen molar-refractivity contribution in [1.82, 2.24) is 14.9 Å². The number of amides is 1. The van der Waals surface area contributed by atoms with Gasteiger partial charge >= 0.3 is 0 Å². The van der Waals surface area contributed by atoms with E-state index in [9.17, 15) is 9.59 Å². The van der Waals surface area contributed by atoms with E-state index in [0.29, 0.717) is 29.8 Å². The molecule has 1 atom stereocenters. The van der Waals surface area contributed by atoms with E-state index in [1.54, 1.807) is 23.0 Å². The van der Waals surface area contributed by atoms with Gasteiger partial charge in [0.15, 0.2) is 5.16 Å². The second-order valence-electron chi connectivity index (χ2n) is 6.93. The first kappa shape index (κ1) is 16.8. The molecule has 3 rings (SSSR count). The van der Waals surface area contributed by atoms with Gasteiger partial charge in [-0.1, -0.05) is 32.5 Å². The first-order chi connectivity index (χ1) is 11.3. The van der Waals surface area contributed by atoms with Crippen molar-refractivity contribution in [3.05, 3.63) is 46.3 Å². The van der Waals surface area contributed by atoms with Crippen molar-refractivity contribution in [2.75, 3.05) is 5.75 Å². The van der Waals surface area contributed by atoms with Gasteiger partial charge in [0, 0.05) is 23.8 Å². The number of thioether (sulfide) groups is 1. The van der Waals surface area contributed by atoms with Crippen LogP contribution in [0.25, 0.3) is 0 Å². The van der Waals surface area contributed by atoms with Crippen LogP contribution in [0.15, 0.2) is 38.8 Å². The quantitative estimate of drug-likeness (QED) is 0.861. The SMILES string of the molecule is CC(C)(C)c1cc(=O)n2c(n1)SC[C@H](C(=O)NCc1ccco1)C2. The maximum absolute atomic E-state index is 12.4. The second kappa shape index (κ2) is 6.47. The van der Waals surface area contributed by atoms with Crippen molar-refractivity contribution in [1.29, 1.82) is 0 Å². The summed E-state index contributed by atoms with van der Waals surface area (Å²) < 4.78 is 6.80. The first-order valence-corrected chi connectivity index (χ1v) is 8.88. The summed E-state index contributed by atoms with van der Waals surface area (Å²) in [6.07, 6.45) is 1.58. The highest BCUT2D eigenvalue weighted by molar-refractivity contribution is 7.99. The molecule has 0 bridgehead atoms. The predicted octanol–water partition coefficient (Wildman–Crippen LogP) is 2.17. The number of aromatic nitrogens is 2. The monoisotopic (exact) mass is 347 g/mol. The molecule has 24 heavy (non-hydrogen) atoms. The average Bonchev–Trinajstić information content (AvgIpc) is 3.04. The smallest absolute Gasteiger partial charge is 0.254 e. The van der Waals surface area contributed by atoms with E-state index in [2.05, 4.69) is 10.3 Å². The van der Waals surface area contributed by atoms with Crippen molar-refractivity contribution in [2.45, 2.75) is 44.4 Å². The lowest BCUT2D eigenvalue weighted by Gasteiger charge is -2.26. The van der Waals surface area contributed by atoms with Gasteiger partial charge < -0.3 is 9.73 Å². The molecule has 1 amide bonds. The van der Waals surface area contributed by atoms with Gasteiger partial charge in [0.1, 0.15) is 5.76 Å². The normalized spacial score (nSPS) is 17.4. The van der Waals surface area contributed by atoms with E-state index >= 15 is 0 Å². The molecule has 0 spiro atoms. The van der Waals surface area contributed by atoms with Gasteiger partial charge in [-0.3, -0.25) is 14.2 Å². The van der Waals surface area contributed by atoms with Crippen LogP contribution >= 0.6 is 11.8 Å². The fourth-order valence-corrected chi connectivity index (χ4v) is 3.58. The molecule has 7 heteroatoms. The van der Waals surface area contributed by atoms with Crippen LogP contribution in [0.4, 0.5) is 0 Å². The second-order valence-corrected chi connectivity index (χ2v) is 7.92. The Labute approximate surface area is 144 Å². The van der Waals surface area contributed by atoms with Gasteiger partial charge in [-0.05, 0) is 12.1 Å². The minimum Gasteiger partial charge on any atom is -0.467 e. The molecule has 0 aromatic carbocycles. The van der Waals surface area contributed by atoms with Crippen LogP contribution in [-0.2, 0) is 23.3 Å². The van der Waals surface area contributed by atoms with E-state index in [1.165, 1.54) is 11.8 Å². The average molecular weight is 347 g/mol. The lowest BCUT2D eigenvalue weighted by molar-refractivity contribution is -0.125. The van der Waals surface area contributed by atoms with Crippen LogP contribution in [0, 0.1) is 5.92 Å². The molecule has 1 aliphatic rings. The van der Waals surface area contributed by atoms with Crippen LogP contribution in [-0.4, -0.2) is 21.2 Å². The summed E-state index contributed by atoms with van der Waals surface area (Å²) in [5.41, 5.74) is 0.514. The van der Waals surface area contributed by atoms with Crippen LogP contribution in [0.3, 0.4) is 0 Å². The number of hydrogen-bond donors (Lipinski definition) is 1. The lowest BCUT2D eigenvalue weighted by atomic mass is 9.92. The Bertz CT molecular complexity index is 790. The molecule has 6 nitrogen and oxygen atoms in total. The largest absolute Gasteiger partial charge is 0.467 e. The molecule has 0 radical (unpaired) electrons. The summed E-state index contributed by atoms with van der Waals surface area (Å²) >= 11 is 1.46. The number of carbonyl (C=O) groups is 1. The van der Waals surface area contributed by atoms with Gasteiger partial charge in [-0.2, -0.15) is 0 Å². The van der Waals surface area contributed by atoms with Crippen molar-refractivity contribution in [3.8, 4) is 0 Å². The van der Waals surface area contributed by atoms with Gasteiger partial charge in [-0.15, -0.1) is 0 Å². The maximum Gasteiger partial charge on any atom is 0.254 e. The van der Waals surface area contributed by atoms with E-state index < -0.39 is 0 Å². The zero-order valence-electron chi connectivity index (χ0n) is 14.0. The summed E-state index contributed by atoms with van der Waals surface area (Å²) in [7, 11) is 0. The molecule has 128 valence electrons. The van der Waals surface area contributed by atoms with E-state index in [4.69, 9.17) is 4.42 Å². The summed E-state index contributed by atoms with van der Waals surface area (Å²) in [5.74, 6) is 0.999. The van der Waals surface area contributed by atoms with E-state index in [0.717, 1.165) is 5.69 Å². The highest BCUT2D eigenvalue weighted by atomic mass is 32.2. The van der Waals surface area contributed by atoms with Crippen molar-refractivity contribution >= 4 is 17.7 Å². The number of carbonyl (C=O) groups excluding carboxylic acids is 1. The third-order valence-electron chi connectivity index (χ3n) is 3.95.